The minimum atomic E-state index is -1.04. The van der Waals surface area contributed by atoms with Gasteiger partial charge in [0.15, 0.2) is 5.84 Å². The number of hydrogen-bond donors (Lipinski definition) is 4. The van der Waals surface area contributed by atoms with Gasteiger partial charge in [-0.05, 0) is 80.8 Å². The van der Waals surface area contributed by atoms with Crippen LogP contribution in [-0.4, -0.2) is 40.2 Å². The Morgan fingerprint density at radius 1 is 1.00 bits per heavy atom. The van der Waals surface area contributed by atoms with Crippen molar-refractivity contribution < 1.29 is 19.6 Å². The first kappa shape index (κ1) is 22.0. The topological polar surface area (TPSA) is 138 Å². The molecule has 1 aromatic carbocycles. The highest BCUT2D eigenvalue weighted by molar-refractivity contribution is 6.00. The Hall–Kier alpha value is -2.84. The molecule has 0 radical (unpaired) electrons. The van der Waals surface area contributed by atoms with Gasteiger partial charge in [-0.15, -0.1) is 0 Å². The van der Waals surface area contributed by atoms with Crippen molar-refractivity contribution in [2.24, 2.45) is 38.0 Å². The molecule has 6 N–H and O–H groups in total. The van der Waals surface area contributed by atoms with Crippen molar-refractivity contribution in [1.29, 1.82) is 0 Å². The fourth-order valence-electron chi connectivity index (χ4n) is 7.01. The van der Waals surface area contributed by atoms with Crippen molar-refractivity contribution in [3.8, 4) is 0 Å². The number of carbonyl (C=O) groups excluding carboxylic acids is 1. The van der Waals surface area contributed by atoms with E-state index in [1.54, 1.807) is 18.2 Å². The zero-order valence-electron chi connectivity index (χ0n) is 18.8. The van der Waals surface area contributed by atoms with Gasteiger partial charge in [0.05, 0.1) is 0 Å². The van der Waals surface area contributed by atoms with Crippen molar-refractivity contribution >= 4 is 23.3 Å². The first-order valence-electron chi connectivity index (χ1n) is 11.7. The lowest BCUT2D eigenvalue weighted by molar-refractivity contribution is -0.215. The Bertz CT molecular complexity index is 994. The van der Waals surface area contributed by atoms with Crippen LogP contribution >= 0.6 is 0 Å². The molecule has 6 fully saturated rings. The SMILES string of the molecule is N/C(=N\O)c1cccc(N(CC23CCC(/C(N)=N\O)(CC2)CC3)C(=O)CC23CC(F)(C2)C3)c1. The maximum atomic E-state index is 14.1. The van der Waals surface area contributed by atoms with E-state index in [4.69, 9.17) is 16.7 Å². The largest absolute Gasteiger partial charge is 0.409 e. The second-order valence-corrected chi connectivity index (χ2v) is 11.1. The van der Waals surface area contributed by atoms with Crippen LogP contribution in [0.3, 0.4) is 0 Å². The maximum Gasteiger partial charge on any atom is 0.227 e. The van der Waals surface area contributed by atoms with E-state index in [9.17, 15) is 14.4 Å². The predicted molar refractivity (Wildman–Crippen MR) is 122 cm³/mol. The number of fused-ring (bicyclic) bond motifs is 3. The number of amidine groups is 2. The van der Waals surface area contributed by atoms with Gasteiger partial charge in [0.2, 0.25) is 5.91 Å². The summed E-state index contributed by atoms with van der Waals surface area (Å²) in [4.78, 5) is 15.4. The van der Waals surface area contributed by atoms with Gasteiger partial charge in [0, 0.05) is 29.6 Å². The monoisotopic (exact) mass is 457 g/mol. The number of halogens is 1. The highest BCUT2D eigenvalue weighted by atomic mass is 19.1. The highest BCUT2D eigenvalue weighted by Crippen LogP contribution is 2.71. The van der Waals surface area contributed by atoms with Crippen molar-refractivity contribution in [3.63, 3.8) is 0 Å². The molecule has 6 saturated carbocycles. The Balaban J connectivity index is 1.40. The Morgan fingerprint density at radius 2 is 1.64 bits per heavy atom. The molecule has 9 heteroatoms. The summed E-state index contributed by atoms with van der Waals surface area (Å²) in [5.74, 6) is 0.306. The number of oxime groups is 2. The number of nitrogens with two attached hydrogens (primary N) is 2. The number of anilines is 1. The van der Waals surface area contributed by atoms with E-state index in [2.05, 4.69) is 10.3 Å². The maximum absolute atomic E-state index is 14.1. The highest BCUT2D eigenvalue weighted by Gasteiger charge is 2.69. The molecular formula is C24H32FN5O3. The van der Waals surface area contributed by atoms with Crippen LogP contribution in [-0.2, 0) is 4.79 Å². The second kappa shape index (κ2) is 7.33. The third-order valence-electron chi connectivity index (χ3n) is 9.01. The summed E-state index contributed by atoms with van der Waals surface area (Å²) in [5, 5.41) is 24.7. The molecule has 0 atom stereocenters. The molecule has 1 amide bonds. The molecule has 7 rings (SSSR count). The zero-order valence-corrected chi connectivity index (χ0v) is 18.8. The number of rotatable bonds is 7. The van der Waals surface area contributed by atoms with Gasteiger partial charge in [-0.3, -0.25) is 4.79 Å². The smallest absolute Gasteiger partial charge is 0.227 e. The van der Waals surface area contributed by atoms with Gasteiger partial charge < -0.3 is 26.8 Å². The molecule has 178 valence electrons. The van der Waals surface area contributed by atoms with Crippen molar-refractivity contribution in [2.45, 2.75) is 69.9 Å². The quantitative estimate of drug-likeness (QED) is 0.215. The van der Waals surface area contributed by atoms with E-state index in [0.717, 1.165) is 38.5 Å². The number of nitrogens with zero attached hydrogens (tertiary/aromatic N) is 3. The van der Waals surface area contributed by atoms with Crippen LogP contribution in [0.2, 0.25) is 0 Å². The summed E-state index contributed by atoms with van der Waals surface area (Å²) in [7, 11) is 0. The molecule has 4 bridgehead atoms. The van der Waals surface area contributed by atoms with E-state index < -0.39 is 5.67 Å². The molecular weight excluding hydrogens is 425 g/mol. The molecule has 0 spiro atoms. The molecule has 33 heavy (non-hydrogen) atoms. The Labute approximate surface area is 192 Å². The fourth-order valence-corrected chi connectivity index (χ4v) is 7.01. The number of alkyl halides is 1. The van der Waals surface area contributed by atoms with E-state index in [1.165, 1.54) is 0 Å². The molecule has 0 unspecified atom stereocenters. The summed E-state index contributed by atoms with van der Waals surface area (Å²) < 4.78 is 14.1. The van der Waals surface area contributed by atoms with Crippen LogP contribution in [0.5, 0.6) is 0 Å². The van der Waals surface area contributed by atoms with Crippen LogP contribution in [0.4, 0.5) is 10.1 Å². The third kappa shape index (κ3) is 3.52. The summed E-state index contributed by atoms with van der Waals surface area (Å²) in [6, 6.07) is 7.17. The molecule has 0 aliphatic heterocycles. The van der Waals surface area contributed by atoms with Gasteiger partial charge >= 0.3 is 0 Å². The minimum absolute atomic E-state index is 0.00151. The van der Waals surface area contributed by atoms with Crippen LogP contribution < -0.4 is 16.4 Å². The molecule has 0 aromatic heterocycles. The average Bonchev–Trinajstić information content (AvgIpc) is 2.81. The van der Waals surface area contributed by atoms with E-state index in [1.807, 2.05) is 11.0 Å². The van der Waals surface area contributed by atoms with Gasteiger partial charge in [-0.25, -0.2) is 4.39 Å². The van der Waals surface area contributed by atoms with Gasteiger partial charge in [0.25, 0.3) is 0 Å². The molecule has 6 aliphatic rings. The van der Waals surface area contributed by atoms with E-state index in [0.29, 0.717) is 49.3 Å². The second-order valence-electron chi connectivity index (χ2n) is 11.1. The number of benzene rings is 1. The van der Waals surface area contributed by atoms with Gasteiger partial charge in [-0.2, -0.15) is 0 Å². The lowest BCUT2D eigenvalue weighted by atomic mass is 9.41. The van der Waals surface area contributed by atoms with E-state index in [-0.39, 0.29) is 28.0 Å². The van der Waals surface area contributed by atoms with Crippen molar-refractivity contribution in [1.82, 2.24) is 0 Å². The summed E-state index contributed by atoms with van der Waals surface area (Å²) in [6.45, 7) is 0.564. The first-order valence-corrected chi connectivity index (χ1v) is 11.7. The number of carbonyl (C=O) groups is 1. The van der Waals surface area contributed by atoms with Crippen LogP contribution in [0.25, 0.3) is 0 Å². The Kier molecular flexibility index (Phi) is 4.88. The van der Waals surface area contributed by atoms with Crippen LogP contribution in [0.1, 0.15) is 69.8 Å². The summed E-state index contributed by atoms with van der Waals surface area (Å²) in [5.41, 5.74) is 11.6. The molecule has 0 heterocycles. The molecule has 1 aromatic rings. The lowest BCUT2D eigenvalue weighted by Crippen LogP contribution is -2.65. The van der Waals surface area contributed by atoms with Crippen LogP contribution in [0.15, 0.2) is 34.6 Å². The molecule has 6 aliphatic carbocycles. The minimum Gasteiger partial charge on any atom is -0.409 e. The van der Waals surface area contributed by atoms with Crippen molar-refractivity contribution in [2.75, 3.05) is 11.4 Å². The third-order valence-corrected chi connectivity index (χ3v) is 9.01. The first-order chi connectivity index (χ1) is 15.7. The standard InChI is InChI=1S/C24H32FN5O3/c25-24-12-22(13-24,14-24)11-18(31)30(17-3-1-2-16(10-17)19(26)28-32)15-21-4-7-23(8-5-21,9-6-21)20(27)29-33/h1-3,10,32-33H,4-9,11-15H2,(H2,26,28)(H2,27,29). The Morgan fingerprint density at radius 3 is 2.18 bits per heavy atom. The fraction of sp³-hybridized carbons (Fsp3) is 0.625. The summed E-state index contributed by atoms with van der Waals surface area (Å²) >= 11 is 0. The van der Waals surface area contributed by atoms with E-state index >= 15 is 0 Å². The average molecular weight is 458 g/mol. The number of amides is 1. The lowest BCUT2D eigenvalue weighted by Gasteiger charge is -2.66. The predicted octanol–water partition coefficient (Wildman–Crippen LogP) is 3.48. The summed E-state index contributed by atoms with van der Waals surface area (Å²) in [6.07, 6.45) is 6.99. The van der Waals surface area contributed by atoms with Gasteiger partial charge in [-0.1, -0.05) is 22.4 Å². The van der Waals surface area contributed by atoms with Crippen LogP contribution in [0, 0.1) is 16.2 Å². The normalized spacial score (nSPS) is 37.2. The molecule has 0 saturated heterocycles. The molecule has 8 nitrogen and oxygen atoms in total. The van der Waals surface area contributed by atoms with Crippen molar-refractivity contribution in [3.05, 3.63) is 29.8 Å². The van der Waals surface area contributed by atoms with Gasteiger partial charge in [0.1, 0.15) is 11.5 Å². The number of hydrogen-bond acceptors (Lipinski definition) is 5. The zero-order chi connectivity index (χ0) is 23.5.